The number of amides is 1. The predicted octanol–water partition coefficient (Wildman–Crippen LogP) is 5.23. The molecule has 0 spiro atoms. The minimum Gasteiger partial charge on any atom is -0.496 e. The van der Waals surface area contributed by atoms with Crippen LogP contribution in [0.4, 0.5) is 11.4 Å². The number of hydrogen-bond acceptors (Lipinski definition) is 8. The van der Waals surface area contributed by atoms with Crippen molar-refractivity contribution in [1.82, 2.24) is 0 Å². The number of furan rings is 1. The summed E-state index contributed by atoms with van der Waals surface area (Å²) in [4.78, 5) is 35.7. The first kappa shape index (κ1) is 24.4. The Kier molecular flexibility index (Phi) is 6.69. The standard InChI is InChI=1S/C26H23N3O7/c1-15(2)35-26(31)17-5-7-18(8-6-17)28-25(30)22(16(3)27-28)14-20-10-12-23(36-20)21-11-9-19(29(32)33)13-24(21)34-4/h5-15H,1-4H3/b22-14-. The highest BCUT2D eigenvalue weighted by Gasteiger charge is 2.29. The van der Waals surface area contributed by atoms with Gasteiger partial charge in [-0.15, -0.1) is 0 Å². The van der Waals surface area contributed by atoms with Gasteiger partial charge >= 0.3 is 5.97 Å². The number of rotatable bonds is 7. The molecule has 0 aliphatic carbocycles. The fraction of sp³-hybridized carbons (Fsp3) is 0.192. The van der Waals surface area contributed by atoms with E-state index in [-0.39, 0.29) is 17.7 Å². The van der Waals surface area contributed by atoms with Crippen LogP contribution in [0.5, 0.6) is 5.75 Å². The van der Waals surface area contributed by atoms with Crippen molar-refractivity contribution >= 4 is 35.0 Å². The van der Waals surface area contributed by atoms with Crippen LogP contribution in [0.1, 0.15) is 36.9 Å². The molecule has 10 nitrogen and oxygen atoms in total. The van der Waals surface area contributed by atoms with E-state index < -0.39 is 10.9 Å². The summed E-state index contributed by atoms with van der Waals surface area (Å²) >= 11 is 0. The Morgan fingerprint density at radius 3 is 2.50 bits per heavy atom. The molecule has 0 fully saturated rings. The molecule has 3 aromatic rings. The summed E-state index contributed by atoms with van der Waals surface area (Å²) in [6.07, 6.45) is 1.34. The fourth-order valence-electron chi connectivity index (χ4n) is 3.59. The molecule has 0 unspecified atom stereocenters. The van der Waals surface area contributed by atoms with E-state index in [1.54, 1.807) is 69.3 Å². The Labute approximate surface area is 206 Å². The number of carbonyl (C=O) groups is 2. The molecule has 0 radical (unpaired) electrons. The average molecular weight is 489 g/mol. The van der Waals surface area contributed by atoms with E-state index in [0.717, 1.165) is 0 Å². The number of esters is 1. The van der Waals surface area contributed by atoms with E-state index in [2.05, 4.69) is 5.10 Å². The highest BCUT2D eigenvalue weighted by atomic mass is 16.6. The number of ether oxygens (including phenoxy) is 2. The van der Waals surface area contributed by atoms with Gasteiger partial charge in [0.2, 0.25) is 0 Å². The molecule has 1 aromatic heterocycles. The lowest BCUT2D eigenvalue weighted by Crippen LogP contribution is -2.21. The van der Waals surface area contributed by atoms with Crippen molar-refractivity contribution in [3.8, 4) is 17.1 Å². The van der Waals surface area contributed by atoms with E-state index in [9.17, 15) is 19.7 Å². The second-order valence-electron chi connectivity index (χ2n) is 8.21. The second kappa shape index (κ2) is 9.87. The molecule has 0 saturated carbocycles. The smallest absolute Gasteiger partial charge is 0.338 e. The maximum absolute atomic E-state index is 13.1. The van der Waals surface area contributed by atoms with Crippen LogP contribution < -0.4 is 9.75 Å². The molecule has 1 amide bonds. The van der Waals surface area contributed by atoms with Gasteiger partial charge in [-0.2, -0.15) is 10.1 Å². The van der Waals surface area contributed by atoms with Crippen LogP contribution in [0.2, 0.25) is 0 Å². The summed E-state index contributed by atoms with van der Waals surface area (Å²) in [6, 6.07) is 14.0. The Hall–Kier alpha value is -4.73. The molecule has 0 bridgehead atoms. The minimum atomic E-state index is -0.505. The molecule has 1 aliphatic rings. The summed E-state index contributed by atoms with van der Waals surface area (Å²) in [5.41, 5.74) is 2.15. The summed E-state index contributed by atoms with van der Waals surface area (Å²) < 4.78 is 16.3. The normalized spacial score (nSPS) is 14.4. The van der Waals surface area contributed by atoms with E-state index in [1.165, 1.54) is 24.3 Å². The number of methoxy groups -OCH3 is 1. The quantitative estimate of drug-likeness (QED) is 0.192. The number of carbonyl (C=O) groups excluding carboxylic acids is 2. The number of non-ortho nitro benzene ring substituents is 1. The van der Waals surface area contributed by atoms with Gasteiger partial charge in [0.25, 0.3) is 11.6 Å². The molecule has 2 aromatic carbocycles. The van der Waals surface area contributed by atoms with Crippen molar-refractivity contribution in [3.05, 3.63) is 81.6 Å². The largest absolute Gasteiger partial charge is 0.496 e. The van der Waals surface area contributed by atoms with Crippen molar-refractivity contribution in [1.29, 1.82) is 0 Å². The molecule has 1 aliphatic heterocycles. The molecule has 0 saturated heterocycles. The molecule has 184 valence electrons. The van der Waals surface area contributed by atoms with Crippen LogP contribution in [0.3, 0.4) is 0 Å². The van der Waals surface area contributed by atoms with Gasteiger partial charge < -0.3 is 13.9 Å². The highest BCUT2D eigenvalue weighted by Crippen LogP contribution is 2.35. The number of nitro benzene ring substituents is 1. The molecule has 36 heavy (non-hydrogen) atoms. The number of anilines is 1. The number of nitro groups is 1. The number of hydrazone groups is 1. The van der Waals surface area contributed by atoms with Gasteiger partial charge in [-0.05, 0) is 69.3 Å². The van der Waals surface area contributed by atoms with Gasteiger partial charge in [-0.1, -0.05) is 0 Å². The van der Waals surface area contributed by atoms with Gasteiger partial charge in [0.05, 0.1) is 52.3 Å². The van der Waals surface area contributed by atoms with E-state index in [0.29, 0.717) is 45.4 Å². The third-order valence-corrected chi connectivity index (χ3v) is 5.33. The lowest BCUT2D eigenvalue weighted by atomic mass is 10.1. The lowest BCUT2D eigenvalue weighted by Gasteiger charge is -2.13. The number of hydrogen-bond donors (Lipinski definition) is 0. The fourth-order valence-corrected chi connectivity index (χ4v) is 3.59. The van der Waals surface area contributed by atoms with Crippen LogP contribution in [0, 0.1) is 10.1 Å². The Morgan fingerprint density at radius 2 is 1.86 bits per heavy atom. The van der Waals surface area contributed by atoms with Gasteiger partial charge in [-0.25, -0.2) is 4.79 Å². The van der Waals surface area contributed by atoms with Gasteiger partial charge in [0.15, 0.2) is 0 Å². The zero-order valence-electron chi connectivity index (χ0n) is 20.1. The van der Waals surface area contributed by atoms with E-state index >= 15 is 0 Å². The third kappa shape index (κ3) is 4.88. The minimum absolute atomic E-state index is 0.0992. The topological polar surface area (TPSA) is 124 Å². The van der Waals surface area contributed by atoms with Crippen molar-refractivity contribution < 1.29 is 28.4 Å². The first-order chi connectivity index (χ1) is 17.2. The van der Waals surface area contributed by atoms with Crippen LogP contribution in [-0.4, -0.2) is 35.7 Å². The van der Waals surface area contributed by atoms with Crippen LogP contribution >= 0.6 is 0 Å². The summed E-state index contributed by atoms with van der Waals surface area (Å²) in [6.45, 7) is 5.25. The van der Waals surface area contributed by atoms with Crippen molar-refractivity contribution in [2.75, 3.05) is 12.1 Å². The summed E-state index contributed by atoms with van der Waals surface area (Å²) in [7, 11) is 1.42. The van der Waals surface area contributed by atoms with Crippen molar-refractivity contribution in [3.63, 3.8) is 0 Å². The van der Waals surface area contributed by atoms with Gasteiger partial charge in [0, 0.05) is 6.07 Å². The molecular formula is C26H23N3O7. The first-order valence-corrected chi connectivity index (χ1v) is 11.0. The zero-order valence-corrected chi connectivity index (χ0v) is 20.1. The average Bonchev–Trinajstić information content (AvgIpc) is 3.43. The second-order valence-corrected chi connectivity index (χ2v) is 8.21. The van der Waals surface area contributed by atoms with Crippen LogP contribution in [0.15, 0.2) is 69.7 Å². The van der Waals surface area contributed by atoms with Crippen molar-refractivity contribution in [2.24, 2.45) is 5.10 Å². The lowest BCUT2D eigenvalue weighted by molar-refractivity contribution is -0.384. The molecule has 4 rings (SSSR count). The molecule has 2 heterocycles. The summed E-state index contributed by atoms with van der Waals surface area (Å²) in [5.74, 6) is 0.323. The van der Waals surface area contributed by atoms with Crippen molar-refractivity contribution in [2.45, 2.75) is 26.9 Å². The van der Waals surface area contributed by atoms with E-state index in [1.807, 2.05) is 0 Å². The Bertz CT molecular complexity index is 1400. The molecule has 0 atom stereocenters. The zero-order chi connectivity index (χ0) is 26.0. The first-order valence-electron chi connectivity index (χ1n) is 11.0. The Balaban J connectivity index is 1.56. The van der Waals surface area contributed by atoms with E-state index in [4.69, 9.17) is 13.9 Å². The monoisotopic (exact) mass is 489 g/mol. The SMILES string of the molecule is COc1cc([N+](=O)[O-])ccc1-c1ccc(/C=C2\C(=O)N(c3ccc(C(=O)OC(C)C)cc3)N=C2C)o1. The molecule has 0 N–H and O–H groups in total. The van der Waals surface area contributed by atoms with Crippen LogP contribution in [-0.2, 0) is 9.53 Å². The predicted molar refractivity (Wildman–Crippen MR) is 133 cm³/mol. The molecule has 10 heteroatoms. The molecular weight excluding hydrogens is 466 g/mol. The number of benzene rings is 2. The maximum atomic E-state index is 13.1. The maximum Gasteiger partial charge on any atom is 0.338 e. The third-order valence-electron chi connectivity index (χ3n) is 5.33. The highest BCUT2D eigenvalue weighted by molar-refractivity contribution is 6.32. The van der Waals surface area contributed by atoms with Gasteiger partial charge in [-0.3, -0.25) is 14.9 Å². The number of nitrogens with zero attached hydrogens (tertiary/aromatic N) is 3. The summed E-state index contributed by atoms with van der Waals surface area (Å²) in [5, 5.41) is 16.6. The van der Waals surface area contributed by atoms with Gasteiger partial charge in [0.1, 0.15) is 17.3 Å². The van der Waals surface area contributed by atoms with Crippen LogP contribution in [0.25, 0.3) is 17.4 Å². The Morgan fingerprint density at radius 1 is 1.14 bits per heavy atom.